The number of nitrogens with zero attached hydrogens (tertiary/aromatic N) is 1. The SMILES string of the molecule is COC(=O)[C@@H](C)N1C(=O)S/C(=C/c2ccccc2OCc2ccc(Cl)c(Cl)c2)C1=O. The van der Waals surface area contributed by atoms with Gasteiger partial charge in [-0.25, -0.2) is 4.79 Å². The van der Waals surface area contributed by atoms with Crippen molar-refractivity contribution in [1.29, 1.82) is 0 Å². The maximum absolute atomic E-state index is 12.7. The van der Waals surface area contributed by atoms with Crippen LogP contribution < -0.4 is 4.74 Å². The molecule has 0 spiro atoms. The maximum Gasteiger partial charge on any atom is 0.328 e. The molecule has 30 heavy (non-hydrogen) atoms. The van der Waals surface area contributed by atoms with E-state index in [1.165, 1.54) is 14.0 Å². The third-order valence-electron chi connectivity index (χ3n) is 4.34. The first kappa shape index (κ1) is 22.2. The fraction of sp³-hybridized carbons (Fsp3) is 0.190. The smallest absolute Gasteiger partial charge is 0.328 e. The van der Waals surface area contributed by atoms with E-state index >= 15 is 0 Å². The van der Waals surface area contributed by atoms with Crippen molar-refractivity contribution in [3.63, 3.8) is 0 Å². The van der Waals surface area contributed by atoms with Gasteiger partial charge in [-0.15, -0.1) is 0 Å². The summed E-state index contributed by atoms with van der Waals surface area (Å²) in [5.41, 5.74) is 1.44. The third kappa shape index (κ3) is 4.80. The number of imide groups is 1. The Morgan fingerprint density at radius 1 is 1.17 bits per heavy atom. The minimum atomic E-state index is -1.01. The molecule has 1 aliphatic rings. The second kappa shape index (κ2) is 9.55. The molecule has 1 fully saturated rings. The predicted octanol–water partition coefficient (Wildman–Crippen LogP) is 5.17. The van der Waals surface area contributed by atoms with Crippen LogP contribution in [0.15, 0.2) is 47.4 Å². The van der Waals surface area contributed by atoms with Crippen molar-refractivity contribution in [3.8, 4) is 5.75 Å². The van der Waals surface area contributed by atoms with Crippen LogP contribution in [0.3, 0.4) is 0 Å². The minimum absolute atomic E-state index is 0.196. The Labute approximate surface area is 187 Å². The Hall–Kier alpha value is -2.48. The van der Waals surface area contributed by atoms with Crippen LogP contribution >= 0.6 is 35.0 Å². The molecule has 1 atom stereocenters. The lowest BCUT2D eigenvalue weighted by molar-refractivity contribution is -0.148. The zero-order valence-electron chi connectivity index (χ0n) is 16.1. The molecule has 0 bridgehead atoms. The van der Waals surface area contributed by atoms with Gasteiger partial charge in [0.05, 0.1) is 22.1 Å². The molecule has 0 unspecified atom stereocenters. The number of hydrogen-bond acceptors (Lipinski definition) is 6. The van der Waals surface area contributed by atoms with Gasteiger partial charge in [0.1, 0.15) is 18.4 Å². The highest BCUT2D eigenvalue weighted by molar-refractivity contribution is 8.18. The summed E-state index contributed by atoms with van der Waals surface area (Å²) in [6.45, 7) is 1.68. The summed E-state index contributed by atoms with van der Waals surface area (Å²) < 4.78 is 10.5. The summed E-state index contributed by atoms with van der Waals surface area (Å²) in [6, 6.07) is 11.3. The van der Waals surface area contributed by atoms with Crippen LogP contribution in [0.4, 0.5) is 4.79 Å². The topological polar surface area (TPSA) is 72.9 Å². The molecule has 2 aromatic carbocycles. The Balaban J connectivity index is 1.81. The van der Waals surface area contributed by atoms with Crippen molar-refractivity contribution in [2.24, 2.45) is 0 Å². The van der Waals surface area contributed by atoms with Gasteiger partial charge in [-0.2, -0.15) is 0 Å². The van der Waals surface area contributed by atoms with E-state index in [0.29, 0.717) is 21.4 Å². The normalized spacial score (nSPS) is 16.1. The molecule has 9 heteroatoms. The van der Waals surface area contributed by atoms with Crippen molar-refractivity contribution < 1.29 is 23.9 Å². The Morgan fingerprint density at radius 2 is 1.90 bits per heavy atom. The fourth-order valence-electron chi connectivity index (χ4n) is 2.75. The molecular weight excluding hydrogens is 449 g/mol. The highest BCUT2D eigenvalue weighted by Gasteiger charge is 2.41. The van der Waals surface area contributed by atoms with Gasteiger partial charge < -0.3 is 9.47 Å². The molecule has 6 nitrogen and oxygen atoms in total. The van der Waals surface area contributed by atoms with E-state index < -0.39 is 23.2 Å². The van der Waals surface area contributed by atoms with E-state index in [0.717, 1.165) is 22.2 Å². The molecule has 0 radical (unpaired) electrons. The summed E-state index contributed by atoms with van der Waals surface area (Å²) in [7, 11) is 1.20. The lowest BCUT2D eigenvalue weighted by Gasteiger charge is -2.18. The monoisotopic (exact) mass is 465 g/mol. The first-order valence-electron chi connectivity index (χ1n) is 8.82. The van der Waals surface area contributed by atoms with Gasteiger partial charge in [-0.3, -0.25) is 14.5 Å². The largest absolute Gasteiger partial charge is 0.488 e. The first-order chi connectivity index (χ1) is 14.3. The quantitative estimate of drug-likeness (QED) is 0.432. The zero-order valence-corrected chi connectivity index (χ0v) is 18.4. The number of carbonyl (C=O) groups is 3. The summed E-state index contributed by atoms with van der Waals surface area (Å²) in [4.78, 5) is 37.8. The van der Waals surface area contributed by atoms with Gasteiger partial charge in [0.25, 0.3) is 11.1 Å². The van der Waals surface area contributed by atoms with Crippen molar-refractivity contribution in [1.82, 2.24) is 4.90 Å². The summed E-state index contributed by atoms with van der Waals surface area (Å²) >= 11 is 12.7. The van der Waals surface area contributed by atoms with Crippen LogP contribution in [0.1, 0.15) is 18.1 Å². The van der Waals surface area contributed by atoms with E-state index in [9.17, 15) is 14.4 Å². The average Bonchev–Trinajstić information content (AvgIpc) is 3.01. The summed E-state index contributed by atoms with van der Waals surface area (Å²) in [5, 5.41) is 0.357. The van der Waals surface area contributed by atoms with E-state index in [2.05, 4.69) is 4.74 Å². The molecule has 0 aliphatic carbocycles. The number of thioether (sulfide) groups is 1. The number of halogens is 2. The van der Waals surface area contributed by atoms with Gasteiger partial charge in [-0.1, -0.05) is 47.5 Å². The Morgan fingerprint density at radius 3 is 2.60 bits per heavy atom. The van der Waals surface area contributed by atoms with Crippen molar-refractivity contribution in [2.45, 2.75) is 19.6 Å². The summed E-state index contributed by atoms with van der Waals surface area (Å²) in [5.74, 6) is -0.692. The van der Waals surface area contributed by atoms with Crippen LogP contribution in [0.2, 0.25) is 10.0 Å². The summed E-state index contributed by atoms with van der Waals surface area (Å²) in [6.07, 6.45) is 1.57. The molecule has 1 aliphatic heterocycles. The van der Waals surface area contributed by atoms with Crippen LogP contribution in [-0.4, -0.2) is 35.2 Å². The fourth-order valence-corrected chi connectivity index (χ4v) is 3.97. The van der Waals surface area contributed by atoms with Crippen molar-refractivity contribution >= 4 is 58.2 Å². The van der Waals surface area contributed by atoms with E-state index in [1.807, 2.05) is 0 Å². The van der Waals surface area contributed by atoms with Crippen molar-refractivity contribution in [3.05, 3.63) is 68.5 Å². The number of esters is 1. The standard InChI is InChI=1S/C21H17Cl2NO5S/c1-12(20(26)28-2)24-19(25)18(30-21(24)27)10-14-5-3-4-6-17(14)29-11-13-7-8-15(22)16(23)9-13/h3-10,12H,11H2,1-2H3/b18-10+/t12-/m1/s1. The number of hydrogen-bond donors (Lipinski definition) is 0. The molecule has 0 aromatic heterocycles. The zero-order chi connectivity index (χ0) is 21.8. The minimum Gasteiger partial charge on any atom is -0.488 e. The highest BCUT2D eigenvalue weighted by atomic mass is 35.5. The van der Waals surface area contributed by atoms with E-state index in [-0.39, 0.29) is 11.5 Å². The molecule has 2 aromatic rings. The lowest BCUT2D eigenvalue weighted by Crippen LogP contribution is -2.42. The Bertz CT molecular complexity index is 1040. The molecule has 156 valence electrons. The third-order valence-corrected chi connectivity index (χ3v) is 5.96. The molecular formula is C21H17Cl2NO5S. The number of benzene rings is 2. The number of methoxy groups -OCH3 is 1. The lowest BCUT2D eigenvalue weighted by atomic mass is 10.1. The van der Waals surface area contributed by atoms with Gasteiger partial charge in [-0.05, 0) is 48.5 Å². The van der Waals surface area contributed by atoms with Gasteiger partial charge in [0.15, 0.2) is 0 Å². The maximum atomic E-state index is 12.7. The van der Waals surface area contributed by atoms with Crippen molar-refractivity contribution in [2.75, 3.05) is 7.11 Å². The molecule has 0 N–H and O–H groups in total. The first-order valence-corrected chi connectivity index (χ1v) is 10.4. The molecule has 3 rings (SSSR count). The average molecular weight is 466 g/mol. The molecule has 2 amide bonds. The van der Waals surface area contributed by atoms with E-state index in [1.54, 1.807) is 48.5 Å². The van der Waals surface area contributed by atoms with Gasteiger partial charge in [0.2, 0.25) is 0 Å². The van der Waals surface area contributed by atoms with Gasteiger partial charge in [0, 0.05) is 5.56 Å². The second-order valence-electron chi connectivity index (χ2n) is 6.33. The van der Waals surface area contributed by atoms with Crippen LogP contribution in [0.25, 0.3) is 6.08 Å². The van der Waals surface area contributed by atoms with Gasteiger partial charge >= 0.3 is 5.97 Å². The molecule has 1 heterocycles. The number of amides is 2. The number of carbonyl (C=O) groups excluding carboxylic acids is 3. The number of ether oxygens (including phenoxy) is 2. The van der Waals surface area contributed by atoms with Crippen LogP contribution in [0, 0.1) is 0 Å². The van der Waals surface area contributed by atoms with Crippen LogP contribution in [0.5, 0.6) is 5.75 Å². The Kier molecular flexibility index (Phi) is 7.07. The van der Waals surface area contributed by atoms with E-state index in [4.69, 9.17) is 27.9 Å². The highest BCUT2D eigenvalue weighted by Crippen LogP contribution is 2.35. The molecule has 1 saturated heterocycles. The predicted molar refractivity (Wildman–Crippen MR) is 117 cm³/mol. The number of para-hydroxylation sites is 1. The number of rotatable bonds is 6. The van der Waals surface area contributed by atoms with Crippen LogP contribution in [-0.2, 0) is 20.9 Å². The second-order valence-corrected chi connectivity index (χ2v) is 8.13. The molecule has 0 saturated carbocycles.